The highest BCUT2D eigenvalue weighted by atomic mass is 16.5. The number of anilines is 1. The van der Waals surface area contributed by atoms with E-state index in [-0.39, 0.29) is 25.2 Å². The van der Waals surface area contributed by atoms with Gasteiger partial charge in [-0.2, -0.15) is 0 Å². The number of benzene rings is 1. The lowest BCUT2D eigenvalue weighted by molar-refractivity contribution is -0.137. The third-order valence-electron chi connectivity index (χ3n) is 2.61. The van der Waals surface area contributed by atoms with Crippen LogP contribution in [0.1, 0.15) is 43.0 Å². The number of esters is 1. The van der Waals surface area contributed by atoms with E-state index in [0.717, 1.165) is 6.42 Å². The smallest absolute Gasteiger partial charge is 0.338 e. The van der Waals surface area contributed by atoms with Gasteiger partial charge in [-0.25, -0.2) is 4.79 Å². The molecule has 0 heterocycles. The summed E-state index contributed by atoms with van der Waals surface area (Å²) in [6.45, 7) is 2.26. The number of carbonyl (C=O) groups excluding carboxylic acids is 2. The molecule has 1 amide bonds. The number of aliphatic carboxylic acids is 1. The molecule has 0 fully saturated rings. The van der Waals surface area contributed by atoms with E-state index in [1.807, 2.05) is 6.92 Å². The highest BCUT2D eigenvalue weighted by Gasteiger charge is 2.09. The minimum Gasteiger partial charge on any atom is -0.481 e. The zero-order valence-electron chi connectivity index (χ0n) is 11.9. The lowest BCUT2D eigenvalue weighted by Crippen LogP contribution is -2.13. The Morgan fingerprint density at radius 3 is 2.67 bits per heavy atom. The molecule has 0 aromatic heterocycles. The first-order chi connectivity index (χ1) is 10.0. The second-order valence-corrected chi connectivity index (χ2v) is 4.51. The summed E-state index contributed by atoms with van der Waals surface area (Å²) in [6.07, 6.45) is 1.10. The van der Waals surface area contributed by atoms with Gasteiger partial charge in [-0.1, -0.05) is 13.0 Å². The fraction of sp³-hybridized carbons (Fsp3) is 0.400. The number of hydrogen-bond acceptors (Lipinski definition) is 4. The van der Waals surface area contributed by atoms with Gasteiger partial charge in [-0.15, -0.1) is 0 Å². The molecule has 0 aliphatic heterocycles. The lowest BCUT2D eigenvalue weighted by Gasteiger charge is -2.07. The minimum absolute atomic E-state index is 0.0448. The van der Waals surface area contributed by atoms with Crippen LogP contribution >= 0.6 is 0 Å². The van der Waals surface area contributed by atoms with E-state index in [1.54, 1.807) is 18.2 Å². The Kier molecular flexibility index (Phi) is 6.94. The Morgan fingerprint density at radius 1 is 1.24 bits per heavy atom. The number of amides is 1. The van der Waals surface area contributed by atoms with E-state index in [0.29, 0.717) is 17.9 Å². The van der Waals surface area contributed by atoms with Gasteiger partial charge in [-0.05, 0) is 31.0 Å². The van der Waals surface area contributed by atoms with Gasteiger partial charge < -0.3 is 15.2 Å². The highest BCUT2D eigenvalue weighted by molar-refractivity contribution is 5.94. The number of carboxylic acid groups (broad SMARTS) is 1. The van der Waals surface area contributed by atoms with Crippen molar-refractivity contribution >= 4 is 23.5 Å². The topological polar surface area (TPSA) is 92.7 Å². The first kappa shape index (κ1) is 16.7. The van der Waals surface area contributed by atoms with Gasteiger partial charge in [0.05, 0.1) is 12.2 Å². The Bertz CT molecular complexity index is 513. The number of rotatable bonds is 8. The van der Waals surface area contributed by atoms with Crippen LogP contribution in [0.25, 0.3) is 0 Å². The maximum atomic E-state index is 11.7. The van der Waals surface area contributed by atoms with Crippen LogP contribution in [0.15, 0.2) is 24.3 Å². The van der Waals surface area contributed by atoms with E-state index in [1.165, 1.54) is 6.07 Å². The average Bonchev–Trinajstić information content (AvgIpc) is 2.44. The lowest BCUT2D eigenvalue weighted by atomic mass is 10.2. The van der Waals surface area contributed by atoms with Crippen LogP contribution in [0.2, 0.25) is 0 Å². The molecule has 6 nitrogen and oxygen atoms in total. The third kappa shape index (κ3) is 6.56. The molecule has 6 heteroatoms. The summed E-state index contributed by atoms with van der Waals surface area (Å²) in [5.74, 6) is -1.64. The summed E-state index contributed by atoms with van der Waals surface area (Å²) in [7, 11) is 0. The zero-order chi connectivity index (χ0) is 15.7. The van der Waals surface area contributed by atoms with Crippen LogP contribution in [-0.4, -0.2) is 29.6 Å². The molecule has 1 aromatic rings. The molecule has 21 heavy (non-hydrogen) atoms. The molecule has 0 spiro atoms. The molecule has 0 atom stereocenters. The minimum atomic E-state index is -0.927. The molecule has 0 saturated carbocycles. The molecular weight excluding hydrogens is 274 g/mol. The van der Waals surface area contributed by atoms with Crippen molar-refractivity contribution in [2.24, 2.45) is 0 Å². The van der Waals surface area contributed by atoms with Crippen molar-refractivity contribution in [3.05, 3.63) is 29.8 Å². The van der Waals surface area contributed by atoms with Gasteiger partial charge >= 0.3 is 11.9 Å². The van der Waals surface area contributed by atoms with Crippen LogP contribution < -0.4 is 5.32 Å². The molecule has 0 saturated heterocycles. The Balaban J connectivity index is 2.53. The molecule has 0 aliphatic rings. The van der Waals surface area contributed by atoms with E-state index in [2.05, 4.69) is 5.32 Å². The summed E-state index contributed by atoms with van der Waals surface area (Å²) in [5.41, 5.74) is 0.855. The van der Waals surface area contributed by atoms with Gasteiger partial charge in [-0.3, -0.25) is 9.59 Å². The van der Waals surface area contributed by atoms with E-state index in [4.69, 9.17) is 9.84 Å². The number of nitrogens with one attached hydrogen (secondary N) is 1. The van der Waals surface area contributed by atoms with E-state index in [9.17, 15) is 14.4 Å². The van der Waals surface area contributed by atoms with Crippen molar-refractivity contribution in [3.8, 4) is 0 Å². The first-order valence-corrected chi connectivity index (χ1v) is 6.81. The molecule has 2 N–H and O–H groups in total. The standard InChI is InChI=1S/C15H19NO5/c1-2-9-21-15(20)11-5-3-6-12(10-11)16-13(17)7-4-8-14(18)19/h3,5-6,10H,2,4,7-9H2,1H3,(H,16,17)(H,18,19). The van der Waals surface area contributed by atoms with E-state index < -0.39 is 11.9 Å². The SMILES string of the molecule is CCCOC(=O)c1cccc(NC(=O)CCCC(=O)O)c1. The molecular formula is C15H19NO5. The normalized spacial score (nSPS) is 9.95. The summed E-state index contributed by atoms with van der Waals surface area (Å²) in [6, 6.07) is 6.45. The van der Waals surface area contributed by atoms with Crippen LogP contribution in [-0.2, 0) is 14.3 Å². The van der Waals surface area contributed by atoms with Gasteiger partial charge in [0.15, 0.2) is 0 Å². The summed E-state index contributed by atoms with van der Waals surface area (Å²) in [4.78, 5) is 33.7. The van der Waals surface area contributed by atoms with Gasteiger partial charge in [0.1, 0.15) is 0 Å². The Morgan fingerprint density at radius 2 is 2.00 bits per heavy atom. The van der Waals surface area contributed by atoms with E-state index >= 15 is 0 Å². The van der Waals surface area contributed by atoms with Crippen molar-refractivity contribution < 1.29 is 24.2 Å². The van der Waals surface area contributed by atoms with Gasteiger partial charge in [0.2, 0.25) is 5.91 Å². The molecule has 0 unspecified atom stereocenters. The highest BCUT2D eigenvalue weighted by Crippen LogP contribution is 2.12. The van der Waals surface area contributed by atoms with Crippen LogP contribution in [0.3, 0.4) is 0 Å². The van der Waals surface area contributed by atoms with Crippen molar-refractivity contribution in [1.29, 1.82) is 0 Å². The molecule has 0 radical (unpaired) electrons. The second-order valence-electron chi connectivity index (χ2n) is 4.51. The first-order valence-electron chi connectivity index (χ1n) is 6.81. The molecule has 0 aliphatic carbocycles. The predicted molar refractivity (Wildman–Crippen MR) is 77.1 cm³/mol. The maximum absolute atomic E-state index is 11.7. The summed E-state index contributed by atoms with van der Waals surface area (Å²) < 4.78 is 5.01. The second kappa shape index (κ2) is 8.73. The Hall–Kier alpha value is -2.37. The monoisotopic (exact) mass is 293 g/mol. The fourth-order valence-corrected chi connectivity index (χ4v) is 1.63. The molecule has 1 aromatic carbocycles. The van der Waals surface area contributed by atoms with Crippen molar-refractivity contribution in [2.75, 3.05) is 11.9 Å². The molecule has 1 rings (SSSR count). The number of ether oxygens (including phenoxy) is 1. The average molecular weight is 293 g/mol. The largest absolute Gasteiger partial charge is 0.481 e. The predicted octanol–water partition coefficient (Wildman–Crippen LogP) is 2.45. The van der Waals surface area contributed by atoms with Gasteiger partial charge in [0.25, 0.3) is 0 Å². The summed E-state index contributed by atoms with van der Waals surface area (Å²) >= 11 is 0. The van der Waals surface area contributed by atoms with Gasteiger partial charge in [0, 0.05) is 18.5 Å². The zero-order valence-corrected chi connectivity index (χ0v) is 11.9. The number of carbonyl (C=O) groups is 3. The Labute approximate surface area is 123 Å². The number of hydrogen-bond donors (Lipinski definition) is 2. The quantitative estimate of drug-likeness (QED) is 0.718. The van der Waals surface area contributed by atoms with Crippen LogP contribution in [0.4, 0.5) is 5.69 Å². The fourth-order valence-electron chi connectivity index (χ4n) is 1.63. The summed E-state index contributed by atoms with van der Waals surface area (Å²) in [5, 5.41) is 11.1. The van der Waals surface area contributed by atoms with Crippen molar-refractivity contribution in [3.63, 3.8) is 0 Å². The molecule has 0 bridgehead atoms. The van der Waals surface area contributed by atoms with Crippen molar-refractivity contribution in [2.45, 2.75) is 32.6 Å². The molecule has 114 valence electrons. The van der Waals surface area contributed by atoms with Crippen LogP contribution in [0.5, 0.6) is 0 Å². The number of carboxylic acids is 1. The third-order valence-corrected chi connectivity index (χ3v) is 2.61. The maximum Gasteiger partial charge on any atom is 0.338 e. The van der Waals surface area contributed by atoms with Crippen molar-refractivity contribution in [1.82, 2.24) is 0 Å². The van der Waals surface area contributed by atoms with Crippen LogP contribution in [0, 0.1) is 0 Å².